The SMILES string of the molecule is O=C(Nc1ccc(N=Nc2ccc3cc(S(=O)(=O)O)cc(S(=O)(=O)O)c3c2)cc1)c1ccc(N=Nc2c(O)ccc3cc(S(=O)(=O)O)cc(S(=O)(=O)O)c23)cc1. The van der Waals surface area contributed by atoms with Crippen LogP contribution in [0.5, 0.6) is 5.75 Å². The van der Waals surface area contributed by atoms with E-state index in [2.05, 4.69) is 25.8 Å². The Morgan fingerprint density at radius 2 is 0.982 bits per heavy atom. The highest BCUT2D eigenvalue weighted by Gasteiger charge is 2.24. The first kappa shape index (κ1) is 39.6. The highest BCUT2D eigenvalue weighted by atomic mass is 32.2. The van der Waals surface area contributed by atoms with Crippen molar-refractivity contribution in [3.63, 3.8) is 0 Å². The fourth-order valence-corrected chi connectivity index (χ4v) is 7.97. The van der Waals surface area contributed by atoms with Gasteiger partial charge in [0.1, 0.15) is 21.2 Å². The molecule has 0 spiro atoms. The molecule has 19 nitrogen and oxygen atoms in total. The van der Waals surface area contributed by atoms with E-state index in [4.69, 9.17) is 0 Å². The van der Waals surface area contributed by atoms with E-state index in [1.807, 2.05) is 0 Å². The molecule has 288 valence electrons. The third kappa shape index (κ3) is 8.74. The van der Waals surface area contributed by atoms with Gasteiger partial charge in [0.15, 0.2) is 0 Å². The van der Waals surface area contributed by atoms with Gasteiger partial charge < -0.3 is 10.4 Å². The molecule has 0 heterocycles. The minimum atomic E-state index is -5.10. The van der Waals surface area contributed by atoms with Crippen LogP contribution in [0.3, 0.4) is 0 Å². The van der Waals surface area contributed by atoms with Crippen LogP contribution in [0.4, 0.5) is 28.4 Å². The largest absolute Gasteiger partial charge is 0.506 e. The van der Waals surface area contributed by atoms with Gasteiger partial charge in [-0.3, -0.25) is 23.0 Å². The maximum Gasteiger partial charge on any atom is 0.295 e. The smallest absolute Gasteiger partial charge is 0.295 e. The number of benzene rings is 6. The van der Waals surface area contributed by atoms with Crippen LogP contribution in [0.1, 0.15) is 10.4 Å². The number of phenols is 1. The Bertz CT molecular complexity index is 3120. The summed E-state index contributed by atoms with van der Waals surface area (Å²) >= 11 is 0. The molecule has 0 aliphatic heterocycles. The average molecular weight is 842 g/mol. The van der Waals surface area contributed by atoms with E-state index in [0.717, 1.165) is 24.3 Å². The van der Waals surface area contributed by atoms with Gasteiger partial charge in [-0.15, -0.1) is 5.11 Å². The van der Waals surface area contributed by atoms with Crippen molar-refractivity contribution >= 4 is 96.4 Å². The molecular weight excluding hydrogens is 819 g/mol. The van der Waals surface area contributed by atoms with Gasteiger partial charge in [-0.05, 0) is 102 Å². The van der Waals surface area contributed by atoms with Crippen LogP contribution < -0.4 is 5.32 Å². The Balaban J connectivity index is 1.17. The molecule has 6 N–H and O–H groups in total. The minimum Gasteiger partial charge on any atom is -0.506 e. The molecule has 6 aromatic rings. The van der Waals surface area contributed by atoms with E-state index in [1.54, 1.807) is 0 Å². The van der Waals surface area contributed by atoms with Crippen LogP contribution in [0.25, 0.3) is 21.5 Å². The summed E-state index contributed by atoms with van der Waals surface area (Å²) in [4.78, 5) is 9.62. The zero-order chi connectivity index (χ0) is 40.8. The Kier molecular flexibility index (Phi) is 10.3. The van der Waals surface area contributed by atoms with Gasteiger partial charge in [0.25, 0.3) is 46.4 Å². The van der Waals surface area contributed by atoms with Gasteiger partial charge in [-0.1, -0.05) is 12.1 Å². The second kappa shape index (κ2) is 14.5. The predicted molar refractivity (Wildman–Crippen MR) is 198 cm³/mol. The summed E-state index contributed by atoms with van der Waals surface area (Å²) in [5.41, 5.74) is 0.676. The van der Waals surface area contributed by atoms with E-state index in [0.29, 0.717) is 23.5 Å². The standard InChI is InChI=1S/C33H23N5O14S4/c39-28-12-4-20-14-26(54(44,45)46)17-30(56(50,51)52)31(20)32(28)38-36-22-5-1-18(2-6-22)33(40)34-21-8-10-23(11-9-21)35-37-24-7-3-19-13-25(53(41,42)43)16-29(27(19)15-24)55(47,48)49/h1-17,39H,(H,34,40)(H,41,42,43)(H,44,45,46)(H,47,48,49)(H,50,51,52). The van der Waals surface area contributed by atoms with Crippen molar-refractivity contribution in [2.75, 3.05) is 5.32 Å². The number of hydrogen-bond acceptors (Lipinski definition) is 14. The van der Waals surface area contributed by atoms with Crippen LogP contribution in [0, 0.1) is 0 Å². The number of carbonyl (C=O) groups excluding carboxylic acids is 1. The number of nitrogens with one attached hydrogen (secondary N) is 1. The summed E-state index contributed by atoms with van der Waals surface area (Å²) in [7, 11) is -19.7. The number of fused-ring (bicyclic) bond motifs is 2. The Morgan fingerprint density at radius 1 is 0.500 bits per heavy atom. The van der Waals surface area contributed by atoms with Crippen LogP contribution in [-0.2, 0) is 40.5 Å². The maximum absolute atomic E-state index is 12.9. The number of rotatable bonds is 10. The van der Waals surface area contributed by atoms with Crippen molar-refractivity contribution in [2.45, 2.75) is 19.6 Å². The third-order valence-electron chi connectivity index (χ3n) is 7.83. The normalized spacial score (nSPS) is 12.9. The van der Waals surface area contributed by atoms with E-state index in [-0.39, 0.29) is 38.5 Å². The number of phenolic OH excluding ortho intramolecular Hbond substituents is 1. The number of carbonyl (C=O) groups is 1. The maximum atomic E-state index is 12.9. The van der Waals surface area contributed by atoms with Crippen molar-refractivity contribution in [2.24, 2.45) is 20.5 Å². The number of amides is 1. The number of azo groups is 2. The number of nitrogens with zero attached hydrogens (tertiary/aromatic N) is 4. The van der Waals surface area contributed by atoms with E-state index in [1.165, 1.54) is 66.7 Å². The van der Waals surface area contributed by atoms with Gasteiger partial charge in [0.05, 0.1) is 26.9 Å². The Labute approximate surface area is 316 Å². The Hall–Kier alpha value is -6.05. The fourth-order valence-electron chi connectivity index (χ4n) is 5.25. The van der Waals surface area contributed by atoms with Crippen LogP contribution in [0.2, 0.25) is 0 Å². The van der Waals surface area contributed by atoms with Crippen LogP contribution in [-0.4, -0.2) is 62.9 Å². The highest BCUT2D eigenvalue weighted by Crippen LogP contribution is 2.41. The molecular formula is C33H23N5O14S4. The average Bonchev–Trinajstić information content (AvgIpc) is 3.11. The van der Waals surface area contributed by atoms with Crippen molar-refractivity contribution in [3.05, 3.63) is 109 Å². The topological polar surface area (TPSA) is 316 Å². The van der Waals surface area contributed by atoms with Gasteiger partial charge in [-0.2, -0.15) is 49.0 Å². The molecule has 0 aliphatic carbocycles. The summed E-state index contributed by atoms with van der Waals surface area (Å²) in [6.45, 7) is 0. The second-order valence-corrected chi connectivity index (χ2v) is 17.3. The monoisotopic (exact) mass is 841 g/mol. The first-order valence-electron chi connectivity index (χ1n) is 15.2. The van der Waals surface area contributed by atoms with Gasteiger partial charge in [0, 0.05) is 22.0 Å². The third-order valence-corrected chi connectivity index (χ3v) is 11.3. The number of anilines is 1. The fraction of sp³-hybridized carbons (Fsp3) is 0. The summed E-state index contributed by atoms with van der Waals surface area (Å²) in [6.07, 6.45) is 0. The lowest BCUT2D eigenvalue weighted by Gasteiger charge is -2.10. The second-order valence-electron chi connectivity index (χ2n) is 11.6. The zero-order valence-electron chi connectivity index (χ0n) is 27.6. The predicted octanol–water partition coefficient (Wildman–Crippen LogP) is 6.77. The molecule has 6 rings (SSSR count). The van der Waals surface area contributed by atoms with Gasteiger partial charge in [-0.25, -0.2) is 0 Å². The molecule has 0 saturated heterocycles. The summed E-state index contributed by atoms with van der Waals surface area (Å²) in [6, 6.07) is 20.8. The highest BCUT2D eigenvalue weighted by molar-refractivity contribution is 7.87. The molecule has 0 atom stereocenters. The number of aromatic hydroxyl groups is 1. The van der Waals surface area contributed by atoms with E-state index in [9.17, 15) is 61.8 Å². The molecule has 0 aromatic heterocycles. The molecule has 0 bridgehead atoms. The molecule has 0 saturated carbocycles. The van der Waals surface area contributed by atoms with Crippen LogP contribution in [0.15, 0.2) is 143 Å². The summed E-state index contributed by atoms with van der Waals surface area (Å²) < 4.78 is 133. The Morgan fingerprint density at radius 3 is 1.55 bits per heavy atom. The molecule has 6 aromatic carbocycles. The van der Waals surface area contributed by atoms with Gasteiger partial charge in [0.2, 0.25) is 0 Å². The van der Waals surface area contributed by atoms with Crippen molar-refractivity contribution < 1.29 is 61.8 Å². The first-order chi connectivity index (χ1) is 26.1. The molecule has 0 fully saturated rings. The van der Waals surface area contributed by atoms with Crippen molar-refractivity contribution in [1.82, 2.24) is 0 Å². The lowest BCUT2D eigenvalue weighted by molar-refractivity contribution is 0.102. The zero-order valence-corrected chi connectivity index (χ0v) is 30.9. The molecule has 0 aliphatic rings. The molecule has 56 heavy (non-hydrogen) atoms. The minimum absolute atomic E-state index is 0.0741. The quantitative estimate of drug-likeness (QED) is 0.0613. The number of hydrogen-bond donors (Lipinski definition) is 6. The van der Waals surface area contributed by atoms with Gasteiger partial charge >= 0.3 is 0 Å². The van der Waals surface area contributed by atoms with Crippen molar-refractivity contribution in [1.29, 1.82) is 0 Å². The molecule has 0 unspecified atom stereocenters. The van der Waals surface area contributed by atoms with Crippen molar-refractivity contribution in [3.8, 4) is 5.75 Å². The lowest BCUT2D eigenvalue weighted by atomic mass is 10.1. The lowest BCUT2D eigenvalue weighted by Crippen LogP contribution is -2.11. The molecule has 0 radical (unpaired) electrons. The summed E-state index contributed by atoms with van der Waals surface area (Å²) in [5.74, 6) is -1.11. The summed E-state index contributed by atoms with van der Waals surface area (Å²) in [5, 5.41) is 28.6. The van der Waals surface area contributed by atoms with E-state index >= 15 is 0 Å². The molecule has 1 amide bonds. The van der Waals surface area contributed by atoms with E-state index < -0.39 is 77.4 Å². The molecule has 23 heteroatoms. The first-order valence-corrected chi connectivity index (χ1v) is 21.0. The van der Waals surface area contributed by atoms with Crippen LogP contribution >= 0.6 is 0 Å².